The van der Waals surface area contributed by atoms with E-state index in [0.717, 1.165) is 25.1 Å². The Morgan fingerprint density at radius 2 is 2.25 bits per heavy atom. The molecule has 1 atom stereocenters. The number of hydrogen-bond donors (Lipinski definition) is 3. The molecule has 0 radical (unpaired) electrons. The van der Waals surface area contributed by atoms with Crippen LogP contribution in [0.25, 0.3) is 0 Å². The molecule has 0 saturated carbocycles. The SMILES string of the molecule is Cc1cc(Nc2cccc(C(=O)O)c2)nc(NCC2CCCO2)n1. The first-order chi connectivity index (χ1) is 11.6. The molecule has 3 rings (SSSR count). The van der Waals surface area contributed by atoms with Gasteiger partial charge in [-0.3, -0.25) is 0 Å². The van der Waals surface area contributed by atoms with Gasteiger partial charge in [-0.15, -0.1) is 0 Å². The Morgan fingerprint density at radius 1 is 1.38 bits per heavy atom. The van der Waals surface area contributed by atoms with Crippen molar-refractivity contribution in [1.82, 2.24) is 9.97 Å². The molecule has 1 saturated heterocycles. The van der Waals surface area contributed by atoms with Gasteiger partial charge in [0.25, 0.3) is 0 Å². The van der Waals surface area contributed by atoms with Gasteiger partial charge in [-0.25, -0.2) is 9.78 Å². The quantitative estimate of drug-likeness (QED) is 0.750. The molecule has 1 aliphatic heterocycles. The van der Waals surface area contributed by atoms with Gasteiger partial charge >= 0.3 is 5.97 Å². The molecule has 7 nitrogen and oxygen atoms in total. The van der Waals surface area contributed by atoms with E-state index in [9.17, 15) is 4.79 Å². The van der Waals surface area contributed by atoms with Crippen molar-refractivity contribution in [2.75, 3.05) is 23.8 Å². The van der Waals surface area contributed by atoms with Crippen LogP contribution in [0.15, 0.2) is 30.3 Å². The summed E-state index contributed by atoms with van der Waals surface area (Å²) >= 11 is 0. The summed E-state index contributed by atoms with van der Waals surface area (Å²) in [6.45, 7) is 3.38. The lowest BCUT2D eigenvalue weighted by atomic mass is 10.2. The molecule has 24 heavy (non-hydrogen) atoms. The van der Waals surface area contributed by atoms with Gasteiger partial charge in [-0.1, -0.05) is 6.07 Å². The van der Waals surface area contributed by atoms with Crippen LogP contribution < -0.4 is 10.6 Å². The highest BCUT2D eigenvalue weighted by Crippen LogP contribution is 2.19. The molecule has 1 unspecified atom stereocenters. The van der Waals surface area contributed by atoms with Crippen LogP contribution in [-0.2, 0) is 4.74 Å². The van der Waals surface area contributed by atoms with Crippen molar-refractivity contribution in [2.45, 2.75) is 25.9 Å². The van der Waals surface area contributed by atoms with E-state index in [2.05, 4.69) is 20.6 Å². The number of anilines is 3. The second kappa shape index (κ2) is 7.27. The molecule has 1 aromatic heterocycles. The molecule has 126 valence electrons. The van der Waals surface area contributed by atoms with Crippen molar-refractivity contribution in [1.29, 1.82) is 0 Å². The van der Waals surface area contributed by atoms with E-state index in [1.165, 1.54) is 0 Å². The molecule has 0 aliphatic carbocycles. The van der Waals surface area contributed by atoms with Gasteiger partial charge in [-0.2, -0.15) is 4.98 Å². The average molecular weight is 328 g/mol. The maximum atomic E-state index is 11.0. The standard InChI is InChI=1S/C17H20N4O3/c1-11-8-15(20-13-5-2-4-12(9-13)16(22)23)21-17(19-11)18-10-14-6-3-7-24-14/h2,4-5,8-9,14H,3,6-7,10H2,1H3,(H,22,23)(H2,18,19,20,21). The van der Waals surface area contributed by atoms with Gasteiger partial charge in [0.1, 0.15) is 5.82 Å². The fourth-order valence-corrected chi connectivity index (χ4v) is 2.60. The number of carboxylic acids is 1. The van der Waals surface area contributed by atoms with Gasteiger partial charge in [-0.05, 0) is 38.0 Å². The molecule has 2 heterocycles. The summed E-state index contributed by atoms with van der Waals surface area (Å²) in [5.41, 5.74) is 1.71. The van der Waals surface area contributed by atoms with Crippen LogP contribution in [0.4, 0.5) is 17.5 Å². The summed E-state index contributed by atoms with van der Waals surface area (Å²) in [6, 6.07) is 8.41. The molecule has 3 N–H and O–H groups in total. The largest absolute Gasteiger partial charge is 0.478 e. The minimum absolute atomic E-state index is 0.206. The van der Waals surface area contributed by atoms with Gasteiger partial charge in [0.05, 0.1) is 11.7 Å². The topological polar surface area (TPSA) is 96.4 Å². The summed E-state index contributed by atoms with van der Waals surface area (Å²) < 4.78 is 5.58. The van der Waals surface area contributed by atoms with Crippen LogP contribution in [0.1, 0.15) is 28.9 Å². The predicted octanol–water partition coefficient (Wildman–Crippen LogP) is 2.82. The zero-order valence-electron chi connectivity index (χ0n) is 13.5. The fraction of sp³-hybridized carbons (Fsp3) is 0.353. The lowest BCUT2D eigenvalue weighted by Gasteiger charge is -2.13. The molecule has 2 aromatic rings. The third-order valence-corrected chi connectivity index (χ3v) is 3.75. The average Bonchev–Trinajstić information content (AvgIpc) is 3.06. The van der Waals surface area contributed by atoms with E-state index in [4.69, 9.17) is 9.84 Å². The summed E-state index contributed by atoms with van der Waals surface area (Å²) in [5.74, 6) is 0.179. The first kappa shape index (κ1) is 16.2. The minimum Gasteiger partial charge on any atom is -0.478 e. The number of rotatable bonds is 6. The number of nitrogens with one attached hydrogen (secondary N) is 2. The normalized spacial score (nSPS) is 16.8. The summed E-state index contributed by atoms with van der Waals surface area (Å²) in [6.07, 6.45) is 2.34. The summed E-state index contributed by atoms with van der Waals surface area (Å²) in [5, 5.41) is 15.4. The third kappa shape index (κ3) is 4.20. The Bertz CT molecular complexity index is 730. The highest BCUT2D eigenvalue weighted by atomic mass is 16.5. The van der Waals surface area contributed by atoms with E-state index in [0.29, 0.717) is 24.0 Å². The van der Waals surface area contributed by atoms with Crippen LogP contribution in [-0.4, -0.2) is 40.3 Å². The Labute approximate surface area is 140 Å². The highest BCUT2D eigenvalue weighted by Gasteiger charge is 2.15. The van der Waals surface area contributed by atoms with Crippen molar-refractivity contribution in [3.63, 3.8) is 0 Å². The maximum absolute atomic E-state index is 11.0. The van der Waals surface area contributed by atoms with Gasteiger partial charge in [0.15, 0.2) is 0 Å². The van der Waals surface area contributed by atoms with E-state index in [1.54, 1.807) is 24.3 Å². The predicted molar refractivity (Wildman–Crippen MR) is 90.9 cm³/mol. The Balaban J connectivity index is 1.71. The van der Waals surface area contributed by atoms with Crippen LogP contribution in [0.3, 0.4) is 0 Å². The second-order valence-electron chi connectivity index (χ2n) is 5.75. The maximum Gasteiger partial charge on any atom is 0.335 e. The number of benzene rings is 1. The number of hydrogen-bond acceptors (Lipinski definition) is 6. The third-order valence-electron chi connectivity index (χ3n) is 3.75. The summed E-state index contributed by atoms with van der Waals surface area (Å²) in [7, 11) is 0. The first-order valence-electron chi connectivity index (χ1n) is 7.92. The van der Waals surface area contributed by atoms with Crippen molar-refractivity contribution in [3.8, 4) is 0 Å². The number of ether oxygens (including phenoxy) is 1. The van der Waals surface area contributed by atoms with E-state index < -0.39 is 5.97 Å². The lowest BCUT2D eigenvalue weighted by molar-refractivity contribution is 0.0697. The van der Waals surface area contributed by atoms with Crippen molar-refractivity contribution >= 4 is 23.4 Å². The Morgan fingerprint density at radius 3 is 3.00 bits per heavy atom. The molecule has 1 aromatic carbocycles. The number of carboxylic acid groups (broad SMARTS) is 1. The molecule has 0 spiro atoms. The number of aromatic carboxylic acids is 1. The van der Waals surface area contributed by atoms with Crippen LogP contribution >= 0.6 is 0 Å². The number of aromatic nitrogens is 2. The molecular formula is C17H20N4O3. The second-order valence-corrected chi connectivity index (χ2v) is 5.75. The van der Waals surface area contributed by atoms with Crippen LogP contribution in [0.2, 0.25) is 0 Å². The number of nitrogens with zero attached hydrogens (tertiary/aromatic N) is 2. The van der Waals surface area contributed by atoms with E-state index in [-0.39, 0.29) is 11.7 Å². The van der Waals surface area contributed by atoms with Gasteiger partial charge in [0.2, 0.25) is 5.95 Å². The summed E-state index contributed by atoms with van der Waals surface area (Å²) in [4.78, 5) is 19.8. The molecular weight excluding hydrogens is 308 g/mol. The van der Waals surface area contributed by atoms with Crippen molar-refractivity contribution < 1.29 is 14.6 Å². The monoisotopic (exact) mass is 328 g/mol. The van der Waals surface area contributed by atoms with E-state index >= 15 is 0 Å². The molecule has 0 amide bonds. The van der Waals surface area contributed by atoms with Crippen molar-refractivity contribution in [3.05, 3.63) is 41.6 Å². The lowest BCUT2D eigenvalue weighted by Crippen LogP contribution is -2.20. The van der Waals surface area contributed by atoms with Crippen LogP contribution in [0, 0.1) is 6.92 Å². The minimum atomic E-state index is -0.962. The smallest absolute Gasteiger partial charge is 0.335 e. The molecule has 7 heteroatoms. The molecule has 1 aliphatic rings. The number of carbonyl (C=O) groups is 1. The van der Waals surface area contributed by atoms with Gasteiger partial charge < -0.3 is 20.5 Å². The molecule has 0 bridgehead atoms. The zero-order chi connectivity index (χ0) is 16.9. The highest BCUT2D eigenvalue weighted by molar-refractivity contribution is 5.89. The molecule has 1 fully saturated rings. The zero-order valence-corrected chi connectivity index (χ0v) is 13.5. The first-order valence-corrected chi connectivity index (χ1v) is 7.92. The van der Waals surface area contributed by atoms with Gasteiger partial charge in [0, 0.05) is 30.6 Å². The van der Waals surface area contributed by atoms with Crippen molar-refractivity contribution in [2.24, 2.45) is 0 Å². The van der Waals surface area contributed by atoms with Crippen LogP contribution in [0.5, 0.6) is 0 Å². The Hall–Kier alpha value is -2.67. The Kier molecular flexibility index (Phi) is 4.90. The van der Waals surface area contributed by atoms with E-state index in [1.807, 2.05) is 13.0 Å². The fourth-order valence-electron chi connectivity index (χ4n) is 2.60. The number of aryl methyl sites for hydroxylation is 1.